The van der Waals surface area contributed by atoms with Crippen LogP contribution in [-0.4, -0.2) is 25.9 Å². The minimum Gasteiger partial charge on any atom is -0.365 e. The first-order valence-corrected chi connectivity index (χ1v) is 8.13. The fourth-order valence-electron chi connectivity index (χ4n) is 2.47. The van der Waals surface area contributed by atoms with Crippen LogP contribution < -0.4 is 11.1 Å². The molecule has 26 heavy (non-hydrogen) atoms. The fourth-order valence-corrected chi connectivity index (χ4v) is 2.62. The van der Waals surface area contributed by atoms with Gasteiger partial charge in [0.05, 0.1) is 17.8 Å². The molecule has 0 aliphatic rings. The van der Waals surface area contributed by atoms with Crippen molar-refractivity contribution in [3.8, 4) is 5.69 Å². The third-order valence-corrected chi connectivity index (χ3v) is 4.00. The number of halogens is 2. The Labute approximate surface area is 154 Å². The minimum absolute atomic E-state index is 0.0573. The van der Waals surface area contributed by atoms with Gasteiger partial charge >= 0.3 is 0 Å². The van der Waals surface area contributed by atoms with Gasteiger partial charge in [-0.3, -0.25) is 4.79 Å². The number of benzene rings is 1. The third kappa shape index (κ3) is 3.65. The third-order valence-electron chi connectivity index (χ3n) is 3.81. The van der Waals surface area contributed by atoms with Crippen LogP contribution in [0.3, 0.4) is 0 Å². The average Bonchev–Trinajstić information content (AvgIpc) is 3.02. The molecule has 0 aliphatic carbocycles. The molecule has 2 heterocycles. The second-order valence-corrected chi connectivity index (χ2v) is 6.22. The number of hydrogen-bond acceptors (Lipinski definition) is 5. The summed E-state index contributed by atoms with van der Waals surface area (Å²) >= 11 is 5.75. The molecule has 1 atom stereocenters. The van der Waals surface area contributed by atoms with Gasteiger partial charge in [-0.1, -0.05) is 17.7 Å². The Balaban J connectivity index is 1.86. The molecule has 1 amide bonds. The fraction of sp³-hybridized carbons (Fsp3) is 0.176. The molecule has 0 fully saturated rings. The minimum atomic E-state index is -0.688. The number of nitrogens with zero attached hydrogens (tertiary/aromatic N) is 4. The van der Waals surface area contributed by atoms with Crippen molar-refractivity contribution in [2.24, 2.45) is 5.73 Å². The van der Waals surface area contributed by atoms with Crippen LogP contribution in [0.2, 0.25) is 5.15 Å². The van der Waals surface area contributed by atoms with E-state index in [9.17, 15) is 9.18 Å². The smallest absolute Gasteiger partial charge is 0.252 e. The summed E-state index contributed by atoms with van der Waals surface area (Å²) in [7, 11) is 0. The number of aryl methyl sites for hydroxylation is 1. The molecule has 1 unspecified atom stereocenters. The highest BCUT2D eigenvalue weighted by Gasteiger charge is 2.16. The highest BCUT2D eigenvalue weighted by Crippen LogP contribution is 2.24. The van der Waals surface area contributed by atoms with Crippen molar-refractivity contribution in [3.05, 3.63) is 64.3 Å². The molecule has 0 aliphatic heterocycles. The van der Waals surface area contributed by atoms with E-state index in [-0.39, 0.29) is 22.6 Å². The highest BCUT2D eigenvalue weighted by atomic mass is 35.5. The maximum atomic E-state index is 14.5. The van der Waals surface area contributed by atoms with E-state index in [1.165, 1.54) is 16.8 Å². The van der Waals surface area contributed by atoms with Crippen LogP contribution >= 0.6 is 11.6 Å². The topological polar surface area (TPSA) is 98.7 Å². The lowest BCUT2D eigenvalue weighted by molar-refractivity contribution is 0.100. The molecular formula is C17H16ClFN6O. The Morgan fingerprint density at radius 1 is 1.35 bits per heavy atom. The predicted octanol–water partition coefficient (Wildman–Crippen LogP) is 3.04. The number of primary amides is 1. The van der Waals surface area contributed by atoms with Crippen molar-refractivity contribution in [1.82, 2.24) is 20.0 Å². The van der Waals surface area contributed by atoms with E-state index in [1.54, 1.807) is 31.5 Å². The van der Waals surface area contributed by atoms with Crippen molar-refractivity contribution >= 4 is 23.3 Å². The summed E-state index contributed by atoms with van der Waals surface area (Å²) in [5.41, 5.74) is 7.38. The van der Waals surface area contributed by atoms with E-state index in [0.29, 0.717) is 11.3 Å². The summed E-state index contributed by atoms with van der Waals surface area (Å²) in [6.07, 6.45) is 3.39. The highest BCUT2D eigenvalue weighted by molar-refractivity contribution is 6.29. The van der Waals surface area contributed by atoms with Crippen molar-refractivity contribution in [3.63, 3.8) is 0 Å². The van der Waals surface area contributed by atoms with Crippen molar-refractivity contribution < 1.29 is 9.18 Å². The SMILES string of the molecule is Cc1cnn(-c2ccc(C(C)Nc3nnc(Cl)cc3C(N)=O)cc2F)c1. The first-order chi connectivity index (χ1) is 12.3. The molecule has 3 N–H and O–H groups in total. The number of nitrogens with two attached hydrogens (primary N) is 1. The Bertz CT molecular complexity index is 974. The summed E-state index contributed by atoms with van der Waals surface area (Å²) in [4.78, 5) is 11.5. The van der Waals surface area contributed by atoms with E-state index in [4.69, 9.17) is 17.3 Å². The normalized spacial score (nSPS) is 12.0. The van der Waals surface area contributed by atoms with Gasteiger partial charge in [0.2, 0.25) is 0 Å². The van der Waals surface area contributed by atoms with Crippen LogP contribution in [0.25, 0.3) is 5.69 Å². The molecule has 0 radical (unpaired) electrons. The van der Waals surface area contributed by atoms with E-state index in [1.807, 2.05) is 6.92 Å². The zero-order chi connectivity index (χ0) is 18.8. The maximum Gasteiger partial charge on any atom is 0.252 e. The van der Waals surface area contributed by atoms with Gasteiger partial charge in [0.1, 0.15) is 11.5 Å². The molecule has 0 saturated heterocycles. The van der Waals surface area contributed by atoms with Gasteiger partial charge in [-0.05, 0) is 43.2 Å². The van der Waals surface area contributed by atoms with E-state index < -0.39 is 11.7 Å². The molecule has 3 rings (SSSR count). The van der Waals surface area contributed by atoms with Crippen LogP contribution in [0.15, 0.2) is 36.7 Å². The Morgan fingerprint density at radius 3 is 2.73 bits per heavy atom. The Kier molecular flexibility index (Phi) is 4.85. The number of rotatable bonds is 5. The summed E-state index contributed by atoms with van der Waals surface area (Å²) in [5, 5.41) is 14.7. The van der Waals surface area contributed by atoms with Crippen molar-refractivity contribution in [1.29, 1.82) is 0 Å². The second-order valence-electron chi connectivity index (χ2n) is 5.83. The molecule has 0 saturated carbocycles. The van der Waals surface area contributed by atoms with Gasteiger partial charge in [-0.25, -0.2) is 9.07 Å². The number of amides is 1. The van der Waals surface area contributed by atoms with Gasteiger partial charge in [0, 0.05) is 6.20 Å². The van der Waals surface area contributed by atoms with Crippen LogP contribution in [0.1, 0.15) is 34.5 Å². The standard InChI is InChI=1S/C17H16ClFN6O/c1-9-7-21-25(8-9)14-4-3-11(5-13(14)19)10(2)22-17-12(16(20)26)6-15(18)23-24-17/h3-8,10H,1-2H3,(H2,20,26)(H,22,24). The Morgan fingerprint density at radius 2 is 2.12 bits per heavy atom. The summed E-state index contributed by atoms with van der Waals surface area (Å²) in [6.45, 7) is 3.68. The van der Waals surface area contributed by atoms with Crippen LogP contribution in [-0.2, 0) is 0 Å². The number of aromatic nitrogens is 4. The molecule has 0 spiro atoms. The van der Waals surface area contributed by atoms with E-state index in [2.05, 4.69) is 20.6 Å². The quantitative estimate of drug-likeness (QED) is 0.715. The lowest BCUT2D eigenvalue weighted by Crippen LogP contribution is -2.18. The van der Waals surface area contributed by atoms with Gasteiger partial charge in [0.25, 0.3) is 5.91 Å². The molecule has 9 heteroatoms. The Hall–Kier alpha value is -3.00. The van der Waals surface area contributed by atoms with Crippen LogP contribution in [0.5, 0.6) is 0 Å². The zero-order valence-electron chi connectivity index (χ0n) is 14.1. The number of anilines is 1. The maximum absolute atomic E-state index is 14.5. The average molecular weight is 375 g/mol. The van der Waals surface area contributed by atoms with Gasteiger partial charge in [0.15, 0.2) is 11.0 Å². The molecule has 1 aromatic carbocycles. The van der Waals surface area contributed by atoms with Crippen molar-refractivity contribution in [2.45, 2.75) is 19.9 Å². The first kappa shape index (κ1) is 17.8. The monoisotopic (exact) mass is 374 g/mol. The zero-order valence-corrected chi connectivity index (χ0v) is 14.8. The number of carbonyl (C=O) groups excluding carboxylic acids is 1. The predicted molar refractivity (Wildman–Crippen MR) is 95.9 cm³/mol. The lowest BCUT2D eigenvalue weighted by atomic mass is 10.1. The molecule has 2 aromatic heterocycles. The molecule has 7 nitrogen and oxygen atoms in total. The molecule has 134 valence electrons. The van der Waals surface area contributed by atoms with Gasteiger partial charge in [-0.15, -0.1) is 10.2 Å². The van der Waals surface area contributed by atoms with Crippen molar-refractivity contribution in [2.75, 3.05) is 5.32 Å². The first-order valence-electron chi connectivity index (χ1n) is 7.76. The molecule has 0 bridgehead atoms. The summed E-state index contributed by atoms with van der Waals surface area (Å²) in [6, 6.07) is 5.78. The number of hydrogen-bond donors (Lipinski definition) is 2. The van der Waals surface area contributed by atoms with E-state index in [0.717, 1.165) is 5.56 Å². The van der Waals surface area contributed by atoms with Gasteiger partial charge in [-0.2, -0.15) is 5.10 Å². The lowest BCUT2D eigenvalue weighted by Gasteiger charge is -2.17. The number of nitrogens with one attached hydrogen (secondary N) is 1. The largest absolute Gasteiger partial charge is 0.365 e. The van der Waals surface area contributed by atoms with Crippen LogP contribution in [0.4, 0.5) is 10.2 Å². The number of carbonyl (C=O) groups is 1. The second kappa shape index (κ2) is 7.09. The van der Waals surface area contributed by atoms with E-state index >= 15 is 0 Å². The van der Waals surface area contributed by atoms with Crippen LogP contribution in [0, 0.1) is 12.7 Å². The molecule has 3 aromatic rings. The summed E-state index contributed by atoms with van der Waals surface area (Å²) < 4.78 is 16.0. The van der Waals surface area contributed by atoms with Gasteiger partial charge < -0.3 is 11.1 Å². The molecular weight excluding hydrogens is 359 g/mol. The summed E-state index contributed by atoms with van der Waals surface area (Å²) in [5.74, 6) is -0.926.